The van der Waals surface area contributed by atoms with Crippen LogP contribution in [0.3, 0.4) is 0 Å². The molecule has 1 aromatic rings. The Bertz CT molecular complexity index is 800. The number of carbonyl (C=O) groups excluding carboxylic acids is 3. The molecular formula is C19H24BrN3O4. The number of aryl methyl sites for hydroxylation is 3. The number of halogens is 1. The molecule has 0 aliphatic carbocycles. The summed E-state index contributed by atoms with van der Waals surface area (Å²) < 4.78 is 0. The van der Waals surface area contributed by atoms with Crippen LogP contribution >= 0.6 is 15.9 Å². The van der Waals surface area contributed by atoms with Crippen LogP contribution in [-0.2, 0) is 9.63 Å². The zero-order valence-electron chi connectivity index (χ0n) is 16.1. The van der Waals surface area contributed by atoms with Gasteiger partial charge in [-0.15, -0.1) is 0 Å². The second kappa shape index (κ2) is 6.91. The van der Waals surface area contributed by atoms with Gasteiger partial charge in [0.2, 0.25) is 5.91 Å². The predicted molar refractivity (Wildman–Crippen MR) is 103 cm³/mol. The summed E-state index contributed by atoms with van der Waals surface area (Å²) in [6, 6.07) is 3.44. The standard InChI is InChI=1S/C19H24BrN3O4/c1-10-6-11(2)15(12(3)7-10)17(25)23-19(4,5)8-14(27-23)22-9-13(20)16(24)21-18(22)26/h6-7,13-14H,8-9H2,1-5H3,(H,21,24,26). The molecule has 1 N–H and O–H groups in total. The fraction of sp³-hybridized carbons (Fsp3) is 0.526. The lowest BCUT2D eigenvalue weighted by Gasteiger charge is -2.33. The van der Waals surface area contributed by atoms with Crippen molar-refractivity contribution in [3.05, 3.63) is 34.4 Å². The van der Waals surface area contributed by atoms with Gasteiger partial charge >= 0.3 is 6.03 Å². The van der Waals surface area contributed by atoms with E-state index in [9.17, 15) is 14.4 Å². The third kappa shape index (κ3) is 3.60. The minimum Gasteiger partial charge on any atom is -0.294 e. The normalized spacial score (nSPS) is 25.0. The number of amides is 4. The molecule has 2 atom stereocenters. The Hall–Kier alpha value is -1.93. The molecule has 8 heteroatoms. The first-order chi connectivity index (χ1) is 12.5. The van der Waals surface area contributed by atoms with Gasteiger partial charge in [-0.05, 0) is 45.7 Å². The Balaban J connectivity index is 1.86. The second-order valence-electron chi connectivity index (χ2n) is 7.86. The predicted octanol–water partition coefficient (Wildman–Crippen LogP) is 2.81. The molecule has 1 aromatic carbocycles. The van der Waals surface area contributed by atoms with E-state index in [1.165, 1.54) is 9.96 Å². The van der Waals surface area contributed by atoms with Crippen molar-refractivity contribution >= 4 is 33.8 Å². The Labute approximate surface area is 167 Å². The average Bonchev–Trinajstić information content (AvgIpc) is 2.85. The molecule has 2 unspecified atom stereocenters. The van der Waals surface area contributed by atoms with Crippen LogP contribution in [0.5, 0.6) is 0 Å². The highest BCUT2D eigenvalue weighted by Gasteiger charge is 2.48. The van der Waals surface area contributed by atoms with Gasteiger partial charge in [0.05, 0.1) is 5.54 Å². The highest BCUT2D eigenvalue weighted by Crippen LogP contribution is 2.36. The molecule has 2 aliphatic rings. The lowest BCUT2D eigenvalue weighted by Crippen LogP contribution is -2.58. The first-order valence-corrected chi connectivity index (χ1v) is 9.77. The van der Waals surface area contributed by atoms with Gasteiger partial charge in [0.1, 0.15) is 4.83 Å². The number of nitrogens with zero attached hydrogens (tertiary/aromatic N) is 2. The first-order valence-electron chi connectivity index (χ1n) is 8.86. The van der Waals surface area contributed by atoms with Crippen molar-refractivity contribution in [1.29, 1.82) is 0 Å². The van der Waals surface area contributed by atoms with E-state index in [4.69, 9.17) is 4.84 Å². The maximum absolute atomic E-state index is 13.3. The van der Waals surface area contributed by atoms with Crippen LogP contribution in [0, 0.1) is 20.8 Å². The molecule has 2 fully saturated rings. The van der Waals surface area contributed by atoms with Crippen LogP contribution in [-0.4, -0.2) is 50.9 Å². The molecule has 3 rings (SSSR count). The van der Waals surface area contributed by atoms with Gasteiger partial charge in [-0.25, -0.2) is 14.7 Å². The van der Waals surface area contributed by atoms with Crippen molar-refractivity contribution in [3.63, 3.8) is 0 Å². The maximum atomic E-state index is 13.3. The molecule has 0 spiro atoms. The topological polar surface area (TPSA) is 79.0 Å². The maximum Gasteiger partial charge on any atom is 0.326 e. The van der Waals surface area contributed by atoms with E-state index >= 15 is 0 Å². The van der Waals surface area contributed by atoms with Crippen LogP contribution in [0.1, 0.15) is 47.3 Å². The number of urea groups is 1. The lowest BCUT2D eigenvalue weighted by molar-refractivity contribution is -0.173. The van der Waals surface area contributed by atoms with Crippen molar-refractivity contribution in [2.24, 2.45) is 0 Å². The molecule has 0 aromatic heterocycles. The molecule has 0 radical (unpaired) electrons. The van der Waals surface area contributed by atoms with Crippen molar-refractivity contribution in [3.8, 4) is 0 Å². The quantitative estimate of drug-likeness (QED) is 0.721. The number of alkyl halides is 1. The zero-order chi connectivity index (χ0) is 20.1. The van der Waals surface area contributed by atoms with Crippen molar-refractivity contribution < 1.29 is 19.2 Å². The number of rotatable bonds is 2. The molecule has 0 saturated carbocycles. The summed E-state index contributed by atoms with van der Waals surface area (Å²) in [5, 5.41) is 3.67. The number of benzene rings is 1. The van der Waals surface area contributed by atoms with Crippen LogP contribution in [0.2, 0.25) is 0 Å². The summed E-state index contributed by atoms with van der Waals surface area (Å²) in [7, 11) is 0. The fourth-order valence-corrected chi connectivity index (χ4v) is 4.19. The minimum absolute atomic E-state index is 0.191. The monoisotopic (exact) mass is 437 g/mol. The van der Waals surface area contributed by atoms with Gasteiger partial charge in [0.25, 0.3) is 5.91 Å². The van der Waals surface area contributed by atoms with Gasteiger partial charge in [-0.2, -0.15) is 0 Å². The van der Waals surface area contributed by atoms with Gasteiger partial charge < -0.3 is 0 Å². The van der Waals surface area contributed by atoms with E-state index < -0.39 is 22.6 Å². The second-order valence-corrected chi connectivity index (χ2v) is 8.97. The Morgan fingerprint density at radius 3 is 2.41 bits per heavy atom. The average molecular weight is 438 g/mol. The minimum atomic E-state index is -0.622. The molecule has 2 saturated heterocycles. The Morgan fingerprint density at radius 2 is 1.81 bits per heavy atom. The summed E-state index contributed by atoms with van der Waals surface area (Å²) >= 11 is 3.26. The van der Waals surface area contributed by atoms with Crippen LogP contribution in [0.4, 0.5) is 4.79 Å². The molecule has 0 bridgehead atoms. The molecule has 146 valence electrons. The molecule has 7 nitrogen and oxygen atoms in total. The van der Waals surface area contributed by atoms with E-state index in [0.717, 1.165) is 16.7 Å². The summed E-state index contributed by atoms with van der Waals surface area (Å²) in [6.07, 6.45) is -0.174. The smallest absolute Gasteiger partial charge is 0.294 e. The highest BCUT2D eigenvalue weighted by atomic mass is 79.9. The van der Waals surface area contributed by atoms with Gasteiger partial charge in [-0.1, -0.05) is 33.6 Å². The van der Waals surface area contributed by atoms with Crippen LogP contribution < -0.4 is 5.32 Å². The molecule has 2 aliphatic heterocycles. The number of imide groups is 1. The summed E-state index contributed by atoms with van der Waals surface area (Å²) in [4.78, 5) is 44.0. The summed E-state index contributed by atoms with van der Waals surface area (Å²) in [5.41, 5.74) is 2.89. The summed E-state index contributed by atoms with van der Waals surface area (Å²) in [6.45, 7) is 9.81. The zero-order valence-corrected chi connectivity index (χ0v) is 17.7. The van der Waals surface area contributed by atoms with Crippen LogP contribution in [0.15, 0.2) is 12.1 Å². The largest absolute Gasteiger partial charge is 0.326 e. The number of hydroxylamine groups is 2. The van der Waals surface area contributed by atoms with Gasteiger partial charge in [-0.3, -0.25) is 19.8 Å². The number of hydrogen-bond donors (Lipinski definition) is 1. The third-order valence-corrected chi connectivity index (χ3v) is 5.71. The van der Waals surface area contributed by atoms with E-state index in [1.807, 2.05) is 46.8 Å². The third-order valence-electron chi connectivity index (χ3n) is 5.01. The SMILES string of the molecule is Cc1cc(C)c(C(=O)N2OC(N3CC(Br)C(=O)NC3=O)CC2(C)C)c(C)c1. The fourth-order valence-electron chi connectivity index (χ4n) is 3.76. The molecular weight excluding hydrogens is 414 g/mol. The lowest BCUT2D eigenvalue weighted by atomic mass is 9.96. The number of hydrogen-bond acceptors (Lipinski definition) is 4. The number of nitrogens with one attached hydrogen (secondary N) is 1. The van der Waals surface area contributed by atoms with Gasteiger partial charge in [0.15, 0.2) is 6.23 Å². The van der Waals surface area contributed by atoms with Gasteiger partial charge in [0, 0.05) is 18.5 Å². The number of carbonyl (C=O) groups is 3. The van der Waals surface area contributed by atoms with Crippen LogP contribution in [0.25, 0.3) is 0 Å². The van der Waals surface area contributed by atoms with Crippen molar-refractivity contribution in [2.75, 3.05) is 6.54 Å². The molecule has 27 heavy (non-hydrogen) atoms. The summed E-state index contributed by atoms with van der Waals surface area (Å²) in [5.74, 6) is -0.589. The van der Waals surface area contributed by atoms with E-state index in [-0.39, 0.29) is 18.4 Å². The Kier molecular flexibility index (Phi) is 5.07. The molecule has 2 heterocycles. The highest BCUT2D eigenvalue weighted by molar-refractivity contribution is 9.10. The first kappa shape index (κ1) is 19.8. The van der Waals surface area contributed by atoms with Crippen molar-refractivity contribution in [1.82, 2.24) is 15.3 Å². The Morgan fingerprint density at radius 1 is 1.22 bits per heavy atom. The molecule has 4 amide bonds. The van der Waals surface area contributed by atoms with Crippen molar-refractivity contribution in [2.45, 2.75) is 57.6 Å². The van der Waals surface area contributed by atoms with E-state index in [2.05, 4.69) is 21.2 Å². The van der Waals surface area contributed by atoms with E-state index in [0.29, 0.717) is 12.0 Å². The van der Waals surface area contributed by atoms with E-state index in [1.54, 1.807) is 0 Å².